The zero-order valence-electron chi connectivity index (χ0n) is 29.9. The van der Waals surface area contributed by atoms with Crippen LogP contribution in [0.1, 0.15) is 77.8 Å². The van der Waals surface area contributed by atoms with Gasteiger partial charge in [-0.25, -0.2) is 14.2 Å². The lowest BCUT2D eigenvalue weighted by molar-refractivity contribution is -0.123. The molecule has 0 bridgehead atoms. The van der Waals surface area contributed by atoms with Crippen LogP contribution in [-0.2, 0) is 20.7 Å². The van der Waals surface area contributed by atoms with E-state index in [1.165, 1.54) is 18.6 Å². The van der Waals surface area contributed by atoms with Gasteiger partial charge in [-0.2, -0.15) is 0 Å². The van der Waals surface area contributed by atoms with Gasteiger partial charge in [-0.05, 0) is 89.1 Å². The second-order valence-electron chi connectivity index (χ2n) is 15.5. The van der Waals surface area contributed by atoms with Crippen LogP contribution >= 0.6 is 0 Å². The fourth-order valence-electron chi connectivity index (χ4n) is 7.91. The molecule has 0 radical (unpaired) electrons. The van der Waals surface area contributed by atoms with E-state index in [0.29, 0.717) is 56.8 Å². The van der Waals surface area contributed by atoms with Crippen LogP contribution in [0.25, 0.3) is 0 Å². The molecule has 4 atom stereocenters. The van der Waals surface area contributed by atoms with Crippen molar-refractivity contribution in [3.63, 3.8) is 0 Å². The van der Waals surface area contributed by atoms with E-state index in [-0.39, 0.29) is 48.5 Å². The summed E-state index contributed by atoms with van der Waals surface area (Å²) in [5.74, 6) is 0.582. The number of halogens is 1. The van der Waals surface area contributed by atoms with Crippen molar-refractivity contribution in [3.8, 4) is 5.88 Å². The van der Waals surface area contributed by atoms with Crippen LogP contribution < -0.4 is 9.64 Å². The Kier molecular flexibility index (Phi) is 11.1. The van der Waals surface area contributed by atoms with E-state index in [1.54, 1.807) is 18.3 Å². The van der Waals surface area contributed by atoms with E-state index in [2.05, 4.69) is 21.7 Å². The summed E-state index contributed by atoms with van der Waals surface area (Å²) in [5, 5.41) is 0. The fraction of sp³-hybridized carbons (Fsp3) is 0.658. The van der Waals surface area contributed by atoms with Gasteiger partial charge in [0.2, 0.25) is 11.8 Å². The highest BCUT2D eigenvalue weighted by Gasteiger charge is 2.42. The maximum atomic E-state index is 14.8. The highest BCUT2D eigenvalue weighted by molar-refractivity contribution is 5.97. The number of rotatable bonds is 7. The van der Waals surface area contributed by atoms with E-state index in [9.17, 15) is 14.0 Å². The van der Waals surface area contributed by atoms with Gasteiger partial charge in [0.25, 0.3) is 0 Å². The number of fused-ring (bicyclic) bond motifs is 1. The first-order valence-electron chi connectivity index (χ1n) is 18.2. The summed E-state index contributed by atoms with van der Waals surface area (Å²) < 4.78 is 31.4. The minimum Gasteiger partial charge on any atom is -0.474 e. The van der Waals surface area contributed by atoms with Crippen molar-refractivity contribution in [3.05, 3.63) is 53.5 Å². The molecule has 2 aromatic rings. The highest BCUT2D eigenvalue weighted by atomic mass is 19.1. The minimum absolute atomic E-state index is 0.0267. The molecule has 1 aliphatic carbocycles. The van der Waals surface area contributed by atoms with Crippen molar-refractivity contribution in [1.29, 1.82) is 0 Å². The minimum atomic E-state index is -0.598. The molecule has 2 saturated heterocycles. The first-order valence-corrected chi connectivity index (χ1v) is 18.2. The summed E-state index contributed by atoms with van der Waals surface area (Å²) in [6.45, 7) is 14.4. The number of hydrogen-bond donors (Lipinski definition) is 0. The van der Waals surface area contributed by atoms with E-state index >= 15 is 0 Å². The number of carbonyl (C=O) groups excluding carboxylic acids is 2. The number of hydrogen-bond acceptors (Lipinski definition) is 8. The first kappa shape index (κ1) is 35.5. The normalized spacial score (nSPS) is 25.8. The van der Waals surface area contributed by atoms with Crippen molar-refractivity contribution >= 4 is 17.7 Å². The number of ether oxygens (including phenoxy) is 3. The van der Waals surface area contributed by atoms with E-state index in [0.717, 1.165) is 49.9 Å². The summed E-state index contributed by atoms with van der Waals surface area (Å²) in [4.78, 5) is 41.4. The third-order valence-corrected chi connectivity index (χ3v) is 10.5. The van der Waals surface area contributed by atoms with Crippen molar-refractivity contribution in [2.75, 3.05) is 57.4 Å². The molecule has 4 aliphatic rings. The number of morpholine rings is 1. The largest absolute Gasteiger partial charge is 0.474 e. The molecule has 0 unspecified atom stereocenters. The van der Waals surface area contributed by atoms with Gasteiger partial charge in [0.05, 0.1) is 25.8 Å². The molecule has 10 nitrogen and oxygen atoms in total. The van der Waals surface area contributed by atoms with Gasteiger partial charge in [-0.1, -0.05) is 31.4 Å². The second-order valence-corrected chi connectivity index (χ2v) is 15.5. The summed E-state index contributed by atoms with van der Waals surface area (Å²) in [5.41, 5.74) is 2.03. The molecular formula is C38H54FN5O5. The van der Waals surface area contributed by atoms with Crippen molar-refractivity contribution in [2.24, 2.45) is 5.92 Å². The Bertz CT molecular complexity index is 1440. The van der Waals surface area contributed by atoms with Crippen LogP contribution in [0.5, 0.6) is 5.88 Å². The lowest BCUT2D eigenvalue weighted by atomic mass is 9.83. The van der Waals surface area contributed by atoms with Gasteiger partial charge in [0, 0.05) is 50.5 Å². The van der Waals surface area contributed by atoms with Crippen LogP contribution in [-0.4, -0.2) is 114 Å². The number of piperazine rings is 1. The molecule has 268 valence electrons. The zero-order chi connectivity index (χ0) is 34.7. The first-order chi connectivity index (χ1) is 23.4. The van der Waals surface area contributed by atoms with E-state index in [4.69, 9.17) is 14.2 Å². The van der Waals surface area contributed by atoms with Crippen LogP contribution in [0.15, 0.2) is 36.5 Å². The Labute approximate surface area is 290 Å². The van der Waals surface area contributed by atoms with Crippen LogP contribution in [0.2, 0.25) is 0 Å². The molecule has 3 aliphatic heterocycles. The Morgan fingerprint density at radius 1 is 0.980 bits per heavy atom. The molecule has 6 rings (SSSR count). The average Bonchev–Trinajstić information content (AvgIpc) is 3.06. The smallest absolute Gasteiger partial charge is 0.410 e. The topological polar surface area (TPSA) is 87.7 Å². The Balaban J connectivity index is 1.28. The molecule has 11 heteroatoms. The number of aromatic nitrogens is 1. The molecule has 1 aromatic heterocycles. The average molecular weight is 680 g/mol. The van der Waals surface area contributed by atoms with Crippen LogP contribution in [0.3, 0.4) is 0 Å². The maximum absolute atomic E-state index is 14.8. The van der Waals surface area contributed by atoms with Gasteiger partial charge in [0.15, 0.2) is 0 Å². The third-order valence-electron chi connectivity index (χ3n) is 10.5. The molecule has 1 aromatic carbocycles. The molecule has 0 spiro atoms. The number of nitrogens with zero attached hydrogens (tertiary/aromatic N) is 5. The molecule has 2 amide bonds. The van der Waals surface area contributed by atoms with E-state index in [1.807, 2.05) is 43.6 Å². The zero-order valence-corrected chi connectivity index (χ0v) is 29.9. The van der Waals surface area contributed by atoms with Crippen LogP contribution in [0, 0.1) is 11.7 Å². The maximum Gasteiger partial charge on any atom is 0.410 e. The summed E-state index contributed by atoms with van der Waals surface area (Å²) in [7, 11) is 0. The Hall–Kier alpha value is -3.28. The van der Waals surface area contributed by atoms with Crippen molar-refractivity contribution < 1.29 is 28.2 Å². The lowest BCUT2D eigenvalue weighted by Gasteiger charge is -2.48. The van der Waals surface area contributed by atoms with Gasteiger partial charge in [-0.15, -0.1) is 0 Å². The molecule has 1 saturated carbocycles. The summed E-state index contributed by atoms with van der Waals surface area (Å²) >= 11 is 0. The van der Waals surface area contributed by atoms with Crippen molar-refractivity contribution in [2.45, 2.75) is 103 Å². The standard InChI is InChI=1S/C38H54FN5O5/c1-26-20-42(32(21-41-15-16-47-24-27(41)2)22-43(26)37(46)49-38(3,4)5)23-35(45)44-33-18-29(17-28-11-13-31(39)14-12-28)19-40-36(33)48-25-34(44)30-9-7-6-8-10-30/h11-14,18-19,26-27,30,32,34H,6-10,15-17,20-25H2,1-5H3/t26-,27-,32+,34-/m1/s1. The van der Waals surface area contributed by atoms with Gasteiger partial charge >= 0.3 is 6.09 Å². The predicted octanol–water partition coefficient (Wildman–Crippen LogP) is 5.52. The predicted molar refractivity (Wildman–Crippen MR) is 186 cm³/mol. The SMILES string of the molecule is C[C@@H]1COCCN1C[C@H]1CN(C(=O)OC(C)(C)C)[C@H](C)CN1CC(=O)N1c2cc(Cc3ccc(F)cc3)cnc2OC[C@@H]1C1CCCCC1. The number of pyridine rings is 1. The molecule has 4 heterocycles. The summed E-state index contributed by atoms with van der Waals surface area (Å²) in [6.07, 6.45) is 7.72. The van der Waals surface area contributed by atoms with E-state index < -0.39 is 5.60 Å². The Morgan fingerprint density at radius 2 is 1.73 bits per heavy atom. The van der Waals surface area contributed by atoms with Gasteiger partial charge < -0.3 is 19.1 Å². The molecule has 49 heavy (non-hydrogen) atoms. The lowest BCUT2D eigenvalue weighted by Crippen LogP contribution is -2.65. The van der Waals surface area contributed by atoms with Crippen LogP contribution in [0.4, 0.5) is 14.9 Å². The summed E-state index contributed by atoms with van der Waals surface area (Å²) in [6, 6.07) is 8.51. The third kappa shape index (κ3) is 8.72. The molecule has 0 N–H and O–H groups in total. The monoisotopic (exact) mass is 679 g/mol. The number of anilines is 1. The number of amides is 2. The fourth-order valence-corrected chi connectivity index (χ4v) is 7.91. The molecular weight excluding hydrogens is 625 g/mol. The molecule has 3 fully saturated rings. The van der Waals surface area contributed by atoms with Gasteiger partial charge in [0.1, 0.15) is 23.7 Å². The number of benzene rings is 1. The quantitative estimate of drug-likeness (QED) is 0.379. The Morgan fingerprint density at radius 3 is 2.45 bits per heavy atom. The van der Waals surface area contributed by atoms with Crippen molar-refractivity contribution in [1.82, 2.24) is 19.7 Å². The van der Waals surface area contributed by atoms with Gasteiger partial charge in [-0.3, -0.25) is 19.5 Å². The highest BCUT2D eigenvalue weighted by Crippen LogP contribution is 2.39. The number of carbonyl (C=O) groups is 2. The second kappa shape index (κ2) is 15.3.